The Hall–Kier alpha value is -1.23. The van der Waals surface area contributed by atoms with Crippen LogP contribution in [-0.4, -0.2) is 4.98 Å². The molecule has 0 aromatic carbocycles. The molecule has 1 saturated carbocycles. The van der Waals surface area contributed by atoms with E-state index < -0.39 is 0 Å². The van der Waals surface area contributed by atoms with E-state index in [-0.39, 0.29) is 5.41 Å². The van der Waals surface area contributed by atoms with Crippen LogP contribution in [0.4, 0.5) is 0 Å². The third-order valence-corrected chi connectivity index (χ3v) is 2.57. The average Bonchev–Trinajstić information content (AvgIpc) is 2.39. The molecule has 2 nitrogen and oxygen atoms in total. The molecule has 1 aromatic rings. The first-order valence-electron chi connectivity index (χ1n) is 3.92. The molecule has 0 spiro atoms. The van der Waals surface area contributed by atoms with Gasteiger partial charge in [0.25, 0.3) is 0 Å². The van der Waals surface area contributed by atoms with Gasteiger partial charge in [0.1, 0.15) is 0 Å². The SMILES string of the molecule is N#CC1(c2cc[nH]c2)CCC1. The van der Waals surface area contributed by atoms with Crippen LogP contribution in [-0.2, 0) is 5.41 Å². The number of nitrogens with zero attached hydrogens (tertiary/aromatic N) is 1. The quantitative estimate of drug-likeness (QED) is 0.646. The lowest BCUT2D eigenvalue weighted by molar-refractivity contribution is 0.324. The van der Waals surface area contributed by atoms with Crippen molar-refractivity contribution >= 4 is 0 Å². The number of nitrogens with one attached hydrogen (secondary N) is 1. The highest BCUT2D eigenvalue weighted by Crippen LogP contribution is 2.42. The minimum Gasteiger partial charge on any atom is -0.367 e. The normalized spacial score (nSPS) is 20.3. The van der Waals surface area contributed by atoms with Gasteiger partial charge >= 0.3 is 0 Å². The predicted octanol–water partition coefficient (Wildman–Crippen LogP) is 1.96. The highest BCUT2D eigenvalue weighted by atomic mass is 14.6. The van der Waals surface area contributed by atoms with E-state index in [2.05, 4.69) is 11.1 Å². The molecule has 1 N–H and O–H groups in total. The molecule has 2 heteroatoms. The molecule has 0 bridgehead atoms. The summed E-state index contributed by atoms with van der Waals surface area (Å²) in [5.41, 5.74) is 1.02. The van der Waals surface area contributed by atoms with E-state index in [9.17, 15) is 0 Å². The molecular formula is C9H10N2. The molecule has 1 aliphatic rings. The summed E-state index contributed by atoms with van der Waals surface area (Å²) in [5, 5.41) is 8.94. The van der Waals surface area contributed by atoms with Gasteiger partial charge in [-0.25, -0.2) is 0 Å². The zero-order valence-corrected chi connectivity index (χ0v) is 6.30. The van der Waals surface area contributed by atoms with Gasteiger partial charge in [-0.2, -0.15) is 5.26 Å². The maximum absolute atomic E-state index is 8.94. The Bertz CT molecular complexity index is 275. The monoisotopic (exact) mass is 146 g/mol. The van der Waals surface area contributed by atoms with E-state index in [0.717, 1.165) is 18.4 Å². The summed E-state index contributed by atoms with van der Waals surface area (Å²) in [4.78, 5) is 2.99. The first kappa shape index (κ1) is 6.48. The lowest BCUT2D eigenvalue weighted by atomic mass is 9.66. The summed E-state index contributed by atoms with van der Waals surface area (Å²) in [7, 11) is 0. The first-order chi connectivity index (χ1) is 5.37. The van der Waals surface area contributed by atoms with Gasteiger partial charge in [-0.3, -0.25) is 0 Å². The molecule has 0 unspecified atom stereocenters. The molecule has 56 valence electrons. The van der Waals surface area contributed by atoms with Gasteiger partial charge in [0.15, 0.2) is 0 Å². The highest BCUT2D eigenvalue weighted by molar-refractivity contribution is 5.32. The van der Waals surface area contributed by atoms with Crippen molar-refractivity contribution in [3.8, 4) is 6.07 Å². The van der Waals surface area contributed by atoms with E-state index in [4.69, 9.17) is 5.26 Å². The molecule has 0 radical (unpaired) electrons. The lowest BCUT2D eigenvalue weighted by Gasteiger charge is -2.34. The van der Waals surface area contributed by atoms with Gasteiger partial charge < -0.3 is 4.98 Å². The van der Waals surface area contributed by atoms with Crippen LogP contribution in [0.15, 0.2) is 18.5 Å². The Kier molecular flexibility index (Phi) is 1.25. The van der Waals surface area contributed by atoms with Crippen LogP contribution in [0.5, 0.6) is 0 Å². The predicted molar refractivity (Wildman–Crippen MR) is 41.9 cm³/mol. The number of rotatable bonds is 1. The standard InChI is InChI=1S/C9H10N2/c10-7-9(3-1-4-9)8-2-5-11-6-8/h2,5-6,11H,1,3-4H2. The van der Waals surface area contributed by atoms with Crippen molar-refractivity contribution in [2.24, 2.45) is 0 Å². The van der Waals surface area contributed by atoms with E-state index in [1.165, 1.54) is 6.42 Å². The fourth-order valence-electron chi connectivity index (χ4n) is 1.62. The van der Waals surface area contributed by atoms with Crippen LogP contribution < -0.4 is 0 Å². The fourth-order valence-corrected chi connectivity index (χ4v) is 1.62. The molecule has 11 heavy (non-hydrogen) atoms. The molecule has 2 rings (SSSR count). The maximum atomic E-state index is 8.94. The van der Waals surface area contributed by atoms with Gasteiger partial charge in [-0.15, -0.1) is 0 Å². The summed E-state index contributed by atoms with van der Waals surface area (Å²) in [5.74, 6) is 0. The Labute approximate surface area is 65.9 Å². The second kappa shape index (κ2) is 2.13. The van der Waals surface area contributed by atoms with Crippen LogP contribution in [0.2, 0.25) is 0 Å². The summed E-state index contributed by atoms with van der Waals surface area (Å²) >= 11 is 0. The van der Waals surface area contributed by atoms with Crippen molar-refractivity contribution < 1.29 is 0 Å². The van der Waals surface area contributed by atoms with Crippen LogP contribution in [0.25, 0.3) is 0 Å². The van der Waals surface area contributed by atoms with Gasteiger partial charge in [0.05, 0.1) is 11.5 Å². The third kappa shape index (κ3) is 0.775. The Morgan fingerprint density at radius 1 is 1.55 bits per heavy atom. The zero-order valence-electron chi connectivity index (χ0n) is 6.30. The number of nitriles is 1. The second-order valence-corrected chi connectivity index (χ2v) is 3.15. The molecule has 1 aromatic heterocycles. The van der Waals surface area contributed by atoms with Crippen LogP contribution in [0, 0.1) is 11.3 Å². The molecule has 1 fully saturated rings. The first-order valence-corrected chi connectivity index (χ1v) is 3.92. The smallest absolute Gasteiger partial charge is 0.0836 e. The van der Waals surface area contributed by atoms with Crippen LogP contribution >= 0.6 is 0 Å². The Morgan fingerprint density at radius 2 is 2.36 bits per heavy atom. The Morgan fingerprint density at radius 3 is 2.73 bits per heavy atom. The largest absolute Gasteiger partial charge is 0.367 e. The average molecular weight is 146 g/mol. The summed E-state index contributed by atoms with van der Waals surface area (Å²) < 4.78 is 0. The lowest BCUT2D eigenvalue weighted by Crippen LogP contribution is -2.31. The zero-order chi connectivity index (χ0) is 7.73. The third-order valence-electron chi connectivity index (χ3n) is 2.57. The molecule has 0 atom stereocenters. The van der Waals surface area contributed by atoms with Crippen molar-refractivity contribution in [1.82, 2.24) is 4.98 Å². The molecule has 1 aliphatic carbocycles. The Balaban J connectivity index is 2.34. The fraction of sp³-hybridized carbons (Fsp3) is 0.444. The highest BCUT2D eigenvalue weighted by Gasteiger charge is 2.39. The molecule has 0 aliphatic heterocycles. The van der Waals surface area contributed by atoms with Gasteiger partial charge in [0, 0.05) is 12.4 Å². The summed E-state index contributed by atoms with van der Waals surface area (Å²) in [6.45, 7) is 0. The van der Waals surface area contributed by atoms with E-state index in [0.29, 0.717) is 0 Å². The molecule has 1 heterocycles. The number of aromatic amines is 1. The van der Waals surface area contributed by atoms with Crippen molar-refractivity contribution in [3.05, 3.63) is 24.0 Å². The van der Waals surface area contributed by atoms with Crippen LogP contribution in [0.3, 0.4) is 0 Å². The van der Waals surface area contributed by atoms with Gasteiger partial charge in [-0.1, -0.05) is 0 Å². The minimum atomic E-state index is -0.139. The van der Waals surface area contributed by atoms with Crippen molar-refractivity contribution in [2.45, 2.75) is 24.7 Å². The van der Waals surface area contributed by atoms with Gasteiger partial charge in [0.2, 0.25) is 0 Å². The minimum absolute atomic E-state index is 0.139. The topological polar surface area (TPSA) is 39.6 Å². The second-order valence-electron chi connectivity index (χ2n) is 3.15. The number of H-pyrrole nitrogens is 1. The number of hydrogen-bond donors (Lipinski definition) is 1. The molecular weight excluding hydrogens is 136 g/mol. The summed E-state index contributed by atoms with van der Waals surface area (Å²) in [6.07, 6.45) is 7.07. The van der Waals surface area contributed by atoms with Crippen molar-refractivity contribution in [3.63, 3.8) is 0 Å². The van der Waals surface area contributed by atoms with Crippen molar-refractivity contribution in [2.75, 3.05) is 0 Å². The number of aromatic nitrogens is 1. The van der Waals surface area contributed by atoms with E-state index in [1.54, 1.807) is 0 Å². The molecule has 0 amide bonds. The number of hydrogen-bond acceptors (Lipinski definition) is 1. The summed E-state index contributed by atoms with van der Waals surface area (Å²) in [6, 6.07) is 4.40. The maximum Gasteiger partial charge on any atom is 0.0836 e. The van der Waals surface area contributed by atoms with E-state index in [1.807, 2.05) is 18.5 Å². The van der Waals surface area contributed by atoms with Crippen molar-refractivity contribution in [1.29, 1.82) is 5.26 Å². The van der Waals surface area contributed by atoms with Gasteiger partial charge in [-0.05, 0) is 30.9 Å². The van der Waals surface area contributed by atoms with E-state index >= 15 is 0 Å². The molecule has 0 saturated heterocycles. The van der Waals surface area contributed by atoms with Crippen LogP contribution in [0.1, 0.15) is 24.8 Å².